The number of carbonyl (C=O) groups excluding carboxylic acids is 1. The van der Waals surface area contributed by atoms with Gasteiger partial charge in [-0.25, -0.2) is 0 Å². The van der Waals surface area contributed by atoms with Crippen LogP contribution in [0.2, 0.25) is 0 Å². The van der Waals surface area contributed by atoms with E-state index in [-0.39, 0.29) is 11.9 Å². The maximum Gasteiger partial charge on any atom is 0.290 e. The molecule has 20 heavy (non-hydrogen) atoms. The third-order valence-corrected chi connectivity index (χ3v) is 4.16. The molecule has 1 aliphatic carbocycles. The van der Waals surface area contributed by atoms with Crippen molar-refractivity contribution >= 4 is 5.91 Å². The van der Waals surface area contributed by atoms with Crippen molar-refractivity contribution in [2.75, 3.05) is 7.05 Å². The summed E-state index contributed by atoms with van der Waals surface area (Å²) in [5, 5.41) is 4.16. The third kappa shape index (κ3) is 2.03. The lowest BCUT2D eigenvalue weighted by molar-refractivity contribution is 0.0709. The minimum atomic E-state index is -0.0514. The summed E-state index contributed by atoms with van der Waals surface area (Å²) >= 11 is 0. The first-order chi connectivity index (χ1) is 9.58. The van der Waals surface area contributed by atoms with E-state index in [4.69, 9.17) is 4.42 Å². The summed E-state index contributed by atoms with van der Waals surface area (Å²) in [5.41, 5.74) is 3.31. The molecular weight excluding hydrogens is 254 g/mol. The van der Waals surface area contributed by atoms with E-state index in [9.17, 15) is 4.79 Å². The average molecular weight is 273 g/mol. The zero-order chi connectivity index (χ0) is 14.3. The van der Waals surface area contributed by atoms with E-state index >= 15 is 0 Å². The Hall–Kier alpha value is -2.04. The molecule has 2 heterocycles. The van der Waals surface area contributed by atoms with Gasteiger partial charge in [0.05, 0.1) is 18.5 Å². The van der Waals surface area contributed by atoms with Crippen LogP contribution in [0.3, 0.4) is 0 Å². The summed E-state index contributed by atoms with van der Waals surface area (Å²) in [6.07, 6.45) is 8.54. The molecule has 1 aliphatic rings. The zero-order valence-corrected chi connectivity index (χ0v) is 12.1. The van der Waals surface area contributed by atoms with E-state index in [2.05, 4.69) is 5.10 Å². The van der Waals surface area contributed by atoms with E-state index in [1.165, 1.54) is 5.56 Å². The van der Waals surface area contributed by atoms with Gasteiger partial charge in [-0.2, -0.15) is 5.10 Å². The number of aromatic nitrogens is 2. The first-order valence-electron chi connectivity index (χ1n) is 6.93. The fourth-order valence-corrected chi connectivity index (χ4v) is 2.75. The Morgan fingerprint density at radius 2 is 2.30 bits per heavy atom. The Labute approximate surface area is 118 Å². The van der Waals surface area contributed by atoms with Gasteiger partial charge in [-0.1, -0.05) is 0 Å². The highest BCUT2D eigenvalue weighted by Crippen LogP contribution is 2.29. The molecule has 1 amide bonds. The number of carbonyl (C=O) groups is 1. The van der Waals surface area contributed by atoms with Crippen LogP contribution in [-0.2, 0) is 19.9 Å². The topological polar surface area (TPSA) is 51.3 Å². The molecule has 0 bridgehead atoms. The van der Waals surface area contributed by atoms with Crippen molar-refractivity contribution in [2.45, 2.75) is 32.2 Å². The van der Waals surface area contributed by atoms with E-state index < -0.39 is 0 Å². The largest absolute Gasteiger partial charge is 0.459 e. The molecule has 0 aliphatic heterocycles. The highest BCUT2D eigenvalue weighted by Gasteiger charge is 2.28. The lowest BCUT2D eigenvalue weighted by Crippen LogP contribution is -2.29. The van der Waals surface area contributed by atoms with E-state index in [0.717, 1.165) is 30.4 Å². The number of furan rings is 1. The number of nitrogens with zero attached hydrogens (tertiary/aromatic N) is 3. The second-order valence-electron chi connectivity index (χ2n) is 5.46. The van der Waals surface area contributed by atoms with E-state index in [1.54, 1.807) is 22.0 Å². The molecule has 5 heteroatoms. The quantitative estimate of drug-likeness (QED) is 0.862. The van der Waals surface area contributed by atoms with Crippen LogP contribution in [0.15, 0.2) is 23.1 Å². The normalized spacial score (nSPS) is 15.2. The fraction of sp³-hybridized carbons (Fsp3) is 0.467. The number of hydrogen-bond acceptors (Lipinski definition) is 3. The molecule has 0 spiro atoms. The number of amides is 1. The highest BCUT2D eigenvalue weighted by atomic mass is 16.3. The SMILES string of the molecule is CC(c1cnn(C)c1)N(C)C(=O)c1occ2c1CCC2. The maximum absolute atomic E-state index is 12.6. The molecule has 3 rings (SSSR count). The minimum absolute atomic E-state index is 0.0293. The Morgan fingerprint density at radius 3 is 3.00 bits per heavy atom. The molecule has 0 saturated carbocycles. The molecule has 2 aromatic rings. The van der Waals surface area contributed by atoms with Gasteiger partial charge in [-0.15, -0.1) is 0 Å². The number of rotatable bonds is 3. The Kier molecular flexibility index (Phi) is 3.12. The van der Waals surface area contributed by atoms with Gasteiger partial charge in [0, 0.05) is 31.4 Å². The first-order valence-corrected chi connectivity index (χ1v) is 6.93. The summed E-state index contributed by atoms with van der Waals surface area (Å²) in [6.45, 7) is 2.00. The summed E-state index contributed by atoms with van der Waals surface area (Å²) in [7, 11) is 3.68. The molecule has 1 atom stereocenters. The molecule has 1 unspecified atom stereocenters. The Bertz CT molecular complexity index is 641. The van der Waals surface area contributed by atoms with Crippen molar-refractivity contribution < 1.29 is 9.21 Å². The van der Waals surface area contributed by atoms with Crippen LogP contribution in [0.1, 0.15) is 46.6 Å². The molecule has 2 aromatic heterocycles. The van der Waals surface area contributed by atoms with Crippen molar-refractivity contribution in [3.63, 3.8) is 0 Å². The van der Waals surface area contributed by atoms with Gasteiger partial charge in [-0.3, -0.25) is 9.48 Å². The van der Waals surface area contributed by atoms with Crippen molar-refractivity contribution in [1.82, 2.24) is 14.7 Å². The van der Waals surface area contributed by atoms with Crippen LogP contribution in [-0.4, -0.2) is 27.6 Å². The van der Waals surface area contributed by atoms with Crippen LogP contribution in [0.25, 0.3) is 0 Å². The third-order valence-electron chi connectivity index (χ3n) is 4.16. The number of hydrogen-bond donors (Lipinski definition) is 0. The summed E-state index contributed by atoms with van der Waals surface area (Å²) in [6, 6.07) is -0.0293. The summed E-state index contributed by atoms with van der Waals surface area (Å²) < 4.78 is 7.24. The average Bonchev–Trinajstić information content (AvgIpc) is 3.11. The Balaban J connectivity index is 1.83. The summed E-state index contributed by atoms with van der Waals surface area (Å²) in [4.78, 5) is 14.3. The van der Waals surface area contributed by atoms with Gasteiger partial charge in [0.25, 0.3) is 5.91 Å². The smallest absolute Gasteiger partial charge is 0.290 e. The fourth-order valence-electron chi connectivity index (χ4n) is 2.75. The van der Waals surface area contributed by atoms with Gasteiger partial charge < -0.3 is 9.32 Å². The van der Waals surface area contributed by atoms with Crippen molar-refractivity contribution in [1.29, 1.82) is 0 Å². The predicted octanol–water partition coefficient (Wildman–Crippen LogP) is 2.33. The van der Waals surface area contributed by atoms with E-state index in [1.807, 2.05) is 27.2 Å². The first kappa shape index (κ1) is 13.0. The summed E-state index contributed by atoms with van der Waals surface area (Å²) in [5.74, 6) is 0.459. The van der Waals surface area contributed by atoms with E-state index in [0.29, 0.717) is 5.76 Å². The van der Waals surface area contributed by atoms with Gasteiger partial charge in [0.2, 0.25) is 0 Å². The van der Waals surface area contributed by atoms with Crippen molar-refractivity contribution in [3.8, 4) is 0 Å². The van der Waals surface area contributed by atoms with Gasteiger partial charge in [0.15, 0.2) is 5.76 Å². The number of aryl methyl sites for hydroxylation is 2. The second-order valence-corrected chi connectivity index (χ2v) is 5.46. The molecule has 0 N–H and O–H groups in total. The lowest BCUT2D eigenvalue weighted by atomic mass is 10.1. The van der Waals surface area contributed by atoms with Crippen LogP contribution < -0.4 is 0 Å². The highest BCUT2D eigenvalue weighted by molar-refractivity contribution is 5.93. The minimum Gasteiger partial charge on any atom is -0.459 e. The number of fused-ring (bicyclic) bond motifs is 1. The van der Waals surface area contributed by atoms with Crippen LogP contribution in [0.5, 0.6) is 0 Å². The van der Waals surface area contributed by atoms with Crippen molar-refractivity contribution in [2.24, 2.45) is 7.05 Å². The Morgan fingerprint density at radius 1 is 1.50 bits per heavy atom. The van der Waals surface area contributed by atoms with Gasteiger partial charge >= 0.3 is 0 Å². The molecule has 0 saturated heterocycles. The molecule has 0 radical (unpaired) electrons. The van der Waals surface area contributed by atoms with Gasteiger partial charge in [0.1, 0.15) is 0 Å². The molecule has 5 nitrogen and oxygen atoms in total. The monoisotopic (exact) mass is 273 g/mol. The van der Waals surface area contributed by atoms with Crippen LogP contribution in [0.4, 0.5) is 0 Å². The van der Waals surface area contributed by atoms with Crippen LogP contribution >= 0.6 is 0 Å². The molecule has 106 valence electrons. The zero-order valence-electron chi connectivity index (χ0n) is 12.1. The second kappa shape index (κ2) is 4.81. The van der Waals surface area contributed by atoms with Crippen LogP contribution in [0, 0.1) is 0 Å². The lowest BCUT2D eigenvalue weighted by Gasteiger charge is -2.23. The standard InChI is InChI=1S/C15H19N3O2/c1-10(12-7-16-17(2)8-12)18(3)15(19)14-13-6-4-5-11(13)9-20-14/h7-10H,4-6H2,1-3H3. The predicted molar refractivity (Wildman–Crippen MR) is 74.4 cm³/mol. The molecule has 0 fully saturated rings. The maximum atomic E-state index is 12.6. The molecule has 0 aromatic carbocycles. The van der Waals surface area contributed by atoms with Crippen molar-refractivity contribution in [3.05, 3.63) is 41.1 Å². The molecular formula is C15H19N3O2. The van der Waals surface area contributed by atoms with Gasteiger partial charge in [-0.05, 0) is 31.7 Å².